The molecule has 9 heteroatoms. The van der Waals surface area contributed by atoms with Crippen LogP contribution < -0.4 is 16.6 Å². The predicted octanol–water partition coefficient (Wildman–Crippen LogP) is 4.69. The summed E-state index contributed by atoms with van der Waals surface area (Å²) in [4.78, 5) is 27.3. The molecule has 190 valence electrons. The van der Waals surface area contributed by atoms with E-state index in [-0.39, 0.29) is 22.5 Å². The first-order chi connectivity index (χ1) is 17.6. The number of nitrogens with two attached hydrogens (primary N) is 1. The number of anilines is 2. The molecule has 1 atom stereocenters. The zero-order chi connectivity index (χ0) is 26.7. The summed E-state index contributed by atoms with van der Waals surface area (Å²) < 4.78 is 28.2. The number of nitrogens with zero attached hydrogens (tertiary/aromatic N) is 3. The highest BCUT2D eigenvalue weighted by Crippen LogP contribution is 2.24. The monoisotopic (exact) mass is 503 g/mol. The van der Waals surface area contributed by atoms with Crippen molar-refractivity contribution in [2.24, 2.45) is 0 Å². The quantitative estimate of drug-likeness (QED) is 0.357. The van der Waals surface area contributed by atoms with E-state index in [1.54, 1.807) is 30.3 Å². The highest BCUT2D eigenvalue weighted by atomic mass is 19.2. The lowest BCUT2D eigenvalue weighted by Crippen LogP contribution is -2.26. The first-order valence-corrected chi connectivity index (χ1v) is 11.6. The second-order valence-electron chi connectivity index (χ2n) is 9.04. The second kappa shape index (κ2) is 10.7. The van der Waals surface area contributed by atoms with E-state index in [0.29, 0.717) is 5.69 Å². The molecule has 0 aliphatic heterocycles. The molecule has 0 unspecified atom stereocenters. The molecule has 1 heterocycles. The molecule has 0 aliphatic rings. The standard InChI is InChI=1S/C28H27F2N5O2/c1-17(35-27(36)13-12-25(33-35)20-6-4-18(5-7-20)16-34(2)3)19-8-10-21(11-9-19)28(37)32-26-15-23(30)22(29)14-24(26)31/h4-15,17H,16,31H2,1-3H3,(H,32,37)/t17-/m0/s1. The Labute approximate surface area is 213 Å². The Morgan fingerprint density at radius 1 is 1.00 bits per heavy atom. The van der Waals surface area contributed by atoms with Crippen molar-refractivity contribution in [2.45, 2.75) is 19.5 Å². The van der Waals surface area contributed by atoms with E-state index in [2.05, 4.69) is 15.3 Å². The van der Waals surface area contributed by atoms with Gasteiger partial charge >= 0.3 is 0 Å². The predicted molar refractivity (Wildman–Crippen MR) is 140 cm³/mol. The average Bonchev–Trinajstić information content (AvgIpc) is 2.87. The molecule has 4 aromatic rings. The van der Waals surface area contributed by atoms with Crippen molar-refractivity contribution in [2.75, 3.05) is 25.1 Å². The zero-order valence-electron chi connectivity index (χ0n) is 20.7. The fourth-order valence-corrected chi connectivity index (χ4v) is 3.92. The largest absolute Gasteiger partial charge is 0.397 e. The van der Waals surface area contributed by atoms with Gasteiger partial charge in [0.2, 0.25) is 0 Å². The van der Waals surface area contributed by atoms with E-state index in [1.807, 2.05) is 45.3 Å². The topological polar surface area (TPSA) is 93.2 Å². The number of rotatable bonds is 7. The van der Waals surface area contributed by atoms with Crippen LogP contribution in [0.3, 0.4) is 0 Å². The number of hydrogen-bond acceptors (Lipinski definition) is 5. The molecule has 0 radical (unpaired) electrons. The Balaban J connectivity index is 1.53. The maximum absolute atomic E-state index is 13.5. The Kier molecular flexibility index (Phi) is 7.45. The van der Waals surface area contributed by atoms with Gasteiger partial charge in [0.05, 0.1) is 23.1 Å². The Bertz CT molecular complexity index is 1480. The molecule has 37 heavy (non-hydrogen) atoms. The number of hydrogen-bond donors (Lipinski definition) is 2. The summed E-state index contributed by atoms with van der Waals surface area (Å²) in [5, 5.41) is 7.07. The fraction of sp³-hybridized carbons (Fsp3) is 0.179. The average molecular weight is 504 g/mol. The van der Waals surface area contributed by atoms with Crippen molar-refractivity contribution in [3.8, 4) is 11.3 Å². The molecule has 0 aliphatic carbocycles. The lowest BCUT2D eigenvalue weighted by Gasteiger charge is -2.16. The lowest BCUT2D eigenvalue weighted by atomic mass is 10.1. The van der Waals surface area contributed by atoms with Crippen molar-refractivity contribution < 1.29 is 13.6 Å². The minimum absolute atomic E-state index is 0.0244. The van der Waals surface area contributed by atoms with Gasteiger partial charge in [0.1, 0.15) is 0 Å². The Hall–Kier alpha value is -4.37. The van der Waals surface area contributed by atoms with Crippen LogP contribution in [0.25, 0.3) is 11.3 Å². The number of carbonyl (C=O) groups excluding carboxylic acids is 1. The molecule has 3 aromatic carbocycles. The number of benzene rings is 3. The molecular formula is C28H27F2N5O2. The van der Waals surface area contributed by atoms with E-state index in [9.17, 15) is 18.4 Å². The van der Waals surface area contributed by atoms with Gasteiger partial charge in [-0.1, -0.05) is 36.4 Å². The Morgan fingerprint density at radius 3 is 2.30 bits per heavy atom. The number of carbonyl (C=O) groups is 1. The number of aromatic nitrogens is 2. The van der Waals surface area contributed by atoms with E-state index in [0.717, 1.165) is 29.8 Å². The molecule has 4 rings (SSSR count). The normalized spacial score (nSPS) is 11.9. The van der Waals surface area contributed by atoms with Gasteiger partial charge in [-0.2, -0.15) is 5.10 Å². The number of amides is 1. The van der Waals surface area contributed by atoms with Gasteiger partial charge in [0.15, 0.2) is 11.6 Å². The van der Waals surface area contributed by atoms with Crippen molar-refractivity contribution >= 4 is 17.3 Å². The van der Waals surface area contributed by atoms with Crippen molar-refractivity contribution in [3.05, 3.63) is 111 Å². The molecule has 0 spiro atoms. The summed E-state index contributed by atoms with van der Waals surface area (Å²) in [6.45, 7) is 2.67. The first-order valence-electron chi connectivity index (χ1n) is 11.6. The third kappa shape index (κ3) is 5.90. The smallest absolute Gasteiger partial charge is 0.267 e. The minimum Gasteiger partial charge on any atom is -0.397 e. The van der Waals surface area contributed by atoms with Gasteiger partial charge in [0.25, 0.3) is 11.5 Å². The van der Waals surface area contributed by atoms with Crippen molar-refractivity contribution in [3.63, 3.8) is 0 Å². The van der Waals surface area contributed by atoms with Crippen LogP contribution in [-0.4, -0.2) is 34.7 Å². The highest BCUT2D eigenvalue weighted by Gasteiger charge is 2.15. The summed E-state index contributed by atoms with van der Waals surface area (Å²) in [6.07, 6.45) is 0. The summed E-state index contributed by atoms with van der Waals surface area (Å²) in [5.41, 5.74) is 9.09. The lowest BCUT2D eigenvalue weighted by molar-refractivity contribution is 0.102. The van der Waals surface area contributed by atoms with Crippen LogP contribution in [0.4, 0.5) is 20.2 Å². The summed E-state index contributed by atoms with van der Waals surface area (Å²) in [6, 6.07) is 19.0. The SMILES string of the molecule is C[C@@H](c1ccc(C(=O)Nc2cc(F)c(F)cc2N)cc1)n1nc(-c2ccc(CN(C)C)cc2)ccc1=O. The molecular weight excluding hydrogens is 476 g/mol. The van der Waals surface area contributed by atoms with E-state index < -0.39 is 23.6 Å². The molecule has 3 N–H and O–H groups in total. The zero-order valence-corrected chi connectivity index (χ0v) is 20.7. The van der Waals surface area contributed by atoms with Crippen LogP contribution in [0.15, 0.2) is 77.6 Å². The summed E-state index contributed by atoms with van der Waals surface area (Å²) >= 11 is 0. The number of halogens is 2. The molecule has 0 bridgehead atoms. The number of nitrogens with one attached hydrogen (secondary N) is 1. The molecule has 0 saturated carbocycles. The summed E-state index contributed by atoms with van der Waals surface area (Å²) in [5.74, 6) is -2.74. The van der Waals surface area contributed by atoms with Gasteiger partial charge in [0, 0.05) is 35.9 Å². The third-order valence-electron chi connectivity index (χ3n) is 5.94. The second-order valence-corrected chi connectivity index (χ2v) is 9.04. The molecule has 1 amide bonds. The van der Waals surface area contributed by atoms with E-state index in [4.69, 9.17) is 5.73 Å². The first kappa shape index (κ1) is 25.7. The Morgan fingerprint density at radius 2 is 1.65 bits per heavy atom. The molecule has 7 nitrogen and oxygen atoms in total. The molecule has 0 fully saturated rings. The molecule has 0 saturated heterocycles. The van der Waals surface area contributed by atoms with Crippen LogP contribution >= 0.6 is 0 Å². The van der Waals surface area contributed by atoms with Crippen molar-refractivity contribution in [1.29, 1.82) is 0 Å². The van der Waals surface area contributed by atoms with Crippen LogP contribution in [0, 0.1) is 11.6 Å². The fourth-order valence-electron chi connectivity index (χ4n) is 3.92. The van der Waals surface area contributed by atoms with Gasteiger partial charge in [-0.25, -0.2) is 13.5 Å². The van der Waals surface area contributed by atoms with Gasteiger partial charge in [-0.05, 0) is 50.3 Å². The van der Waals surface area contributed by atoms with Crippen LogP contribution in [-0.2, 0) is 6.54 Å². The van der Waals surface area contributed by atoms with E-state index in [1.165, 1.54) is 16.3 Å². The van der Waals surface area contributed by atoms with Gasteiger partial charge < -0.3 is 16.0 Å². The summed E-state index contributed by atoms with van der Waals surface area (Å²) in [7, 11) is 4.02. The highest BCUT2D eigenvalue weighted by molar-refractivity contribution is 6.05. The molecule has 1 aromatic heterocycles. The third-order valence-corrected chi connectivity index (χ3v) is 5.94. The van der Waals surface area contributed by atoms with Gasteiger partial charge in [-0.3, -0.25) is 9.59 Å². The van der Waals surface area contributed by atoms with Crippen LogP contribution in [0.2, 0.25) is 0 Å². The van der Waals surface area contributed by atoms with Crippen molar-refractivity contribution in [1.82, 2.24) is 14.7 Å². The van der Waals surface area contributed by atoms with Gasteiger partial charge in [-0.15, -0.1) is 0 Å². The number of nitrogen functional groups attached to an aromatic ring is 1. The van der Waals surface area contributed by atoms with E-state index >= 15 is 0 Å². The minimum atomic E-state index is -1.11. The maximum Gasteiger partial charge on any atom is 0.267 e. The maximum atomic E-state index is 13.5. The van der Waals surface area contributed by atoms with Crippen LogP contribution in [0.5, 0.6) is 0 Å². The van der Waals surface area contributed by atoms with Crippen LogP contribution in [0.1, 0.15) is 34.5 Å².